The summed E-state index contributed by atoms with van der Waals surface area (Å²) >= 11 is 6.09. The monoisotopic (exact) mass is 460 g/mol. The zero-order valence-electron chi connectivity index (χ0n) is 19.2. The number of aryl methyl sites for hydroxylation is 1. The van der Waals surface area contributed by atoms with E-state index < -0.39 is 0 Å². The quantitative estimate of drug-likeness (QED) is 0.331. The molecule has 2 aromatic heterocycles. The van der Waals surface area contributed by atoms with Crippen LogP contribution in [-0.4, -0.2) is 25.8 Å². The van der Waals surface area contributed by atoms with Gasteiger partial charge in [0.25, 0.3) is 0 Å². The van der Waals surface area contributed by atoms with Crippen LogP contribution in [-0.2, 0) is 6.42 Å². The third-order valence-corrected chi connectivity index (χ3v) is 5.75. The van der Waals surface area contributed by atoms with Crippen LogP contribution in [0.15, 0.2) is 66.7 Å². The molecule has 0 radical (unpaired) electrons. The minimum Gasteiger partial charge on any atom is -0.368 e. The molecule has 33 heavy (non-hydrogen) atoms. The molecular formula is C26H29ClN6. The van der Waals surface area contributed by atoms with Gasteiger partial charge in [0.1, 0.15) is 5.82 Å². The van der Waals surface area contributed by atoms with Crippen molar-refractivity contribution < 1.29 is 0 Å². The molecule has 4 rings (SSSR count). The second-order valence-electron chi connectivity index (χ2n) is 8.56. The van der Waals surface area contributed by atoms with Crippen molar-refractivity contribution in [3.63, 3.8) is 0 Å². The number of benzene rings is 2. The number of nitrogen functional groups attached to an aromatic ring is 1. The van der Waals surface area contributed by atoms with Crippen LogP contribution in [0.25, 0.3) is 17.1 Å². The highest BCUT2D eigenvalue weighted by molar-refractivity contribution is 6.30. The molecule has 3 N–H and O–H groups in total. The van der Waals surface area contributed by atoms with Crippen LogP contribution in [0.5, 0.6) is 0 Å². The van der Waals surface area contributed by atoms with Crippen molar-refractivity contribution in [3.8, 4) is 17.1 Å². The molecule has 1 atom stereocenters. The Morgan fingerprint density at radius 2 is 1.70 bits per heavy atom. The van der Waals surface area contributed by atoms with Crippen LogP contribution < -0.4 is 11.1 Å². The van der Waals surface area contributed by atoms with E-state index in [0.29, 0.717) is 10.8 Å². The van der Waals surface area contributed by atoms with Crippen molar-refractivity contribution in [2.24, 2.45) is 0 Å². The Bertz CT molecular complexity index is 1200. The van der Waals surface area contributed by atoms with E-state index in [2.05, 4.69) is 66.4 Å². The van der Waals surface area contributed by atoms with Crippen molar-refractivity contribution in [2.75, 3.05) is 11.1 Å². The molecular weight excluding hydrogens is 432 g/mol. The van der Waals surface area contributed by atoms with Crippen LogP contribution in [0.1, 0.15) is 44.4 Å². The highest BCUT2D eigenvalue weighted by Crippen LogP contribution is 2.28. The van der Waals surface area contributed by atoms with Gasteiger partial charge in [-0.15, -0.1) is 0 Å². The van der Waals surface area contributed by atoms with Crippen LogP contribution in [0.2, 0.25) is 5.02 Å². The van der Waals surface area contributed by atoms with Gasteiger partial charge in [-0.3, -0.25) is 0 Å². The first kappa shape index (κ1) is 22.8. The summed E-state index contributed by atoms with van der Waals surface area (Å²) in [4.78, 5) is 8.94. The lowest BCUT2D eigenvalue weighted by molar-refractivity contribution is 0.703. The molecule has 2 heterocycles. The van der Waals surface area contributed by atoms with Gasteiger partial charge < -0.3 is 11.1 Å². The number of halogens is 1. The van der Waals surface area contributed by atoms with E-state index in [4.69, 9.17) is 22.4 Å². The van der Waals surface area contributed by atoms with Crippen molar-refractivity contribution >= 4 is 23.4 Å². The van der Waals surface area contributed by atoms with E-state index in [9.17, 15) is 0 Å². The fraction of sp³-hybridized carbons (Fsp3) is 0.269. The first-order valence-corrected chi connectivity index (χ1v) is 11.6. The van der Waals surface area contributed by atoms with E-state index in [0.717, 1.165) is 35.6 Å². The molecule has 2 aromatic carbocycles. The summed E-state index contributed by atoms with van der Waals surface area (Å²) in [5.41, 5.74) is 10.9. The Hall–Kier alpha value is -3.38. The smallest absolute Gasteiger partial charge is 0.222 e. The Morgan fingerprint density at radius 1 is 0.970 bits per heavy atom. The predicted molar refractivity (Wildman–Crippen MR) is 136 cm³/mol. The molecule has 0 spiro atoms. The molecule has 7 heteroatoms. The first-order valence-electron chi connectivity index (χ1n) is 11.2. The Labute approximate surface area is 199 Å². The number of nitrogens with zero attached hydrogens (tertiary/aromatic N) is 4. The topological polar surface area (TPSA) is 81.6 Å². The lowest BCUT2D eigenvalue weighted by Gasteiger charge is -2.16. The van der Waals surface area contributed by atoms with Gasteiger partial charge in [0.05, 0.1) is 22.8 Å². The molecule has 170 valence electrons. The normalized spacial score (nSPS) is 12.2. The lowest BCUT2D eigenvalue weighted by Crippen LogP contribution is -2.17. The number of hydrogen-bond donors (Lipinski definition) is 2. The largest absolute Gasteiger partial charge is 0.368 e. The molecule has 4 aromatic rings. The van der Waals surface area contributed by atoms with Gasteiger partial charge >= 0.3 is 0 Å². The van der Waals surface area contributed by atoms with Gasteiger partial charge in [0, 0.05) is 17.1 Å². The number of anilines is 2. The highest BCUT2D eigenvalue weighted by Gasteiger charge is 2.17. The lowest BCUT2D eigenvalue weighted by atomic mass is 10.1. The molecule has 0 aliphatic carbocycles. The summed E-state index contributed by atoms with van der Waals surface area (Å²) in [6.07, 6.45) is 1.97. The number of nitrogens with one attached hydrogen (secondary N) is 1. The second-order valence-corrected chi connectivity index (χ2v) is 9.00. The van der Waals surface area contributed by atoms with Gasteiger partial charge in [-0.1, -0.05) is 55.8 Å². The summed E-state index contributed by atoms with van der Waals surface area (Å²) in [7, 11) is 0. The van der Waals surface area contributed by atoms with Crippen LogP contribution in [0.4, 0.5) is 11.8 Å². The first-order chi connectivity index (χ1) is 15.9. The fourth-order valence-electron chi connectivity index (χ4n) is 3.67. The van der Waals surface area contributed by atoms with Gasteiger partial charge in [0.2, 0.25) is 5.95 Å². The third-order valence-electron chi connectivity index (χ3n) is 5.50. The number of aromatic nitrogens is 4. The average molecular weight is 461 g/mol. The average Bonchev–Trinajstić information content (AvgIpc) is 3.24. The maximum atomic E-state index is 6.10. The predicted octanol–water partition coefficient (Wildman–Crippen LogP) is 6.12. The van der Waals surface area contributed by atoms with E-state index in [1.54, 1.807) is 0 Å². The van der Waals surface area contributed by atoms with Crippen LogP contribution in [0.3, 0.4) is 0 Å². The maximum Gasteiger partial charge on any atom is 0.222 e. The van der Waals surface area contributed by atoms with Crippen molar-refractivity contribution in [1.29, 1.82) is 0 Å². The number of nitrogens with two attached hydrogens (primary N) is 1. The van der Waals surface area contributed by atoms with Gasteiger partial charge in [-0.25, -0.2) is 9.67 Å². The van der Waals surface area contributed by atoms with Gasteiger partial charge in [-0.2, -0.15) is 10.1 Å². The molecule has 0 bridgehead atoms. The maximum absolute atomic E-state index is 6.10. The van der Waals surface area contributed by atoms with Gasteiger partial charge in [-0.05, 0) is 61.6 Å². The summed E-state index contributed by atoms with van der Waals surface area (Å²) in [6.45, 7) is 6.39. The minimum absolute atomic E-state index is 0.222. The molecule has 0 unspecified atom stereocenters. The van der Waals surface area contributed by atoms with E-state index in [1.807, 2.05) is 41.1 Å². The summed E-state index contributed by atoms with van der Waals surface area (Å²) in [6, 6.07) is 22.3. The summed E-state index contributed by atoms with van der Waals surface area (Å²) in [5, 5.41) is 8.98. The SMILES string of the molecule is CC(C)c1cc(-c2cc(N[C@H](C)CCc3ccccc3)nc(N)n2)n(-c2ccc(Cl)cc2)n1. The van der Waals surface area contributed by atoms with E-state index in [-0.39, 0.29) is 17.9 Å². The summed E-state index contributed by atoms with van der Waals surface area (Å²) in [5.74, 6) is 1.19. The minimum atomic E-state index is 0.222. The van der Waals surface area contributed by atoms with Crippen molar-refractivity contribution in [2.45, 2.75) is 45.6 Å². The zero-order valence-corrected chi connectivity index (χ0v) is 19.9. The molecule has 0 amide bonds. The molecule has 0 aliphatic heterocycles. The molecule has 0 saturated heterocycles. The van der Waals surface area contributed by atoms with Crippen LogP contribution >= 0.6 is 11.6 Å². The second kappa shape index (κ2) is 10.0. The Morgan fingerprint density at radius 3 is 2.39 bits per heavy atom. The summed E-state index contributed by atoms with van der Waals surface area (Å²) < 4.78 is 1.88. The van der Waals surface area contributed by atoms with E-state index in [1.165, 1.54) is 5.56 Å². The van der Waals surface area contributed by atoms with Crippen LogP contribution in [0, 0.1) is 0 Å². The highest BCUT2D eigenvalue weighted by atomic mass is 35.5. The number of hydrogen-bond acceptors (Lipinski definition) is 5. The zero-order chi connectivity index (χ0) is 23.4. The number of rotatable bonds is 8. The molecule has 0 fully saturated rings. The molecule has 0 aliphatic rings. The Balaban J connectivity index is 1.61. The third kappa shape index (κ3) is 5.71. The van der Waals surface area contributed by atoms with Crippen molar-refractivity contribution in [1.82, 2.24) is 19.7 Å². The molecule has 0 saturated carbocycles. The standard InChI is InChI=1S/C26H29ClN6/c1-17(2)22-15-24(33(32-22)21-13-11-20(27)12-14-21)23-16-25(31-26(28)30-23)29-18(3)9-10-19-7-5-4-6-8-19/h4-8,11-18H,9-10H2,1-3H3,(H3,28,29,30,31)/t18-/m1/s1. The fourth-order valence-corrected chi connectivity index (χ4v) is 3.79. The Kier molecular flexibility index (Phi) is 6.94. The molecule has 6 nitrogen and oxygen atoms in total. The van der Waals surface area contributed by atoms with Gasteiger partial charge in [0.15, 0.2) is 0 Å². The van der Waals surface area contributed by atoms with Crippen molar-refractivity contribution in [3.05, 3.63) is 83.0 Å². The van der Waals surface area contributed by atoms with E-state index >= 15 is 0 Å².